The summed E-state index contributed by atoms with van der Waals surface area (Å²) in [6, 6.07) is 49.8. The Morgan fingerprint density at radius 3 is 1.52 bits per heavy atom. The molecule has 0 fully saturated rings. The van der Waals surface area contributed by atoms with E-state index in [-0.39, 0.29) is 0 Å². The van der Waals surface area contributed by atoms with Crippen molar-refractivity contribution in [2.45, 2.75) is 0 Å². The minimum Gasteiger partial charge on any atom is -0.456 e. The highest BCUT2D eigenvalue weighted by atomic mass is 16.3. The van der Waals surface area contributed by atoms with E-state index in [4.69, 9.17) is 8.83 Å². The topological polar surface area (TPSA) is 83.7 Å². The van der Waals surface area contributed by atoms with Crippen molar-refractivity contribution in [3.63, 3.8) is 0 Å². The summed E-state index contributed by atoms with van der Waals surface area (Å²) in [4.78, 5) is 0. The van der Waals surface area contributed by atoms with E-state index in [1.165, 1.54) is 10.8 Å². The van der Waals surface area contributed by atoms with Crippen LogP contribution in [0.25, 0.3) is 98.9 Å². The van der Waals surface area contributed by atoms with Crippen molar-refractivity contribution in [2.75, 3.05) is 0 Å². The van der Waals surface area contributed by atoms with Crippen LogP contribution in [0.5, 0.6) is 0 Å². The molecule has 0 unspecified atom stereocenters. The first-order valence-electron chi connectivity index (χ1n) is 16.4. The van der Waals surface area contributed by atoms with E-state index in [1.807, 2.05) is 54.6 Å². The number of hydrogen-bond donors (Lipinski definition) is 0. The Kier molecular flexibility index (Phi) is 5.16. The predicted octanol–water partition coefficient (Wildman–Crippen LogP) is 11.4. The molecule has 230 valence electrons. The standard InChI is InChI=1S/C44H22N4O2/c45-23-25-9-13-38-31(17-25)32-18-26(24-46)10-14-39(32)47(38)27-11-15-42-34(19-27)35-20-28(12-16-43(35)49-42)48-37-7-3-1-5-29(37)33-21-36-30-6-2-4-8-41(30)50-44(36)22-40(33)48/h1-22H. The summed E-state index contributed by atoms with van der Waals surface area (Å²) in [6.45, 7) is 0. The van der Waals surface area contributed by atoms with Gasteiger partial charge in [0.25, 0.3) is 0 Å². The number of hydrogen-bond acceptors (Lipinski definition) is 4. The SMILES string of the molecule is N#Cc1ccc2c(c1)c1cc(C#N)ccc1n2-c1ccc2oc3ccc(-n4c5ccccc5c5cc6c(cc54)oc4ccccc46)cc3c2c1. The van der Waals surface area contributed by atoms with Crippen molar-refractivity contribution in [3.8, 4) is 23.5 Å². The van der Waals surface area contributed by atoms with Crippen molar-refractivity contribution >= 4 is 87.5 Å². The number of rotatable bonds is 2. The summed E-state index contributed by atoms with van der Waals surface area (Å²) in [7, 11) is 0. The van der Waals surface area contributed by atoms with E-state index in [0.717, 1.165) is 88.1 Å². The van der Waals surface area contributed by atoms with Crippen molar-refractivity contribution in [3.05, 3.63) is 145 Å². The summed E-state index contributed by atoms with van der Waals surface area (Å²) in [5.41, 5.74) is 10.6. The van der Waals surface area contributed by atoms with Gasteiger partial charge in [0.05, 0.1) is 45.3 Å². The molecule has 6 nitrogen and oxygen atoms in total. The van der Waals surface area contributed by atoms with Gasteiger partial charge in [-0.15, -0.1) is 0 Å². The molecule has 0 aliphatic carbocycles. The normalized spacial score (nSPS) is 12.0. The van der Waals surface area contributed by atoms with Gasteiger partial charge in [0.15, 0.2) is 0 Å². The molecule has 7 aromatic carbocycles. The maximum Gasteiger partial charge on any atom is 0.137 e. The Morgan fingerprint density at radius 1 is 0.360 bits per heavy atom. The van der Waals surface area contributed by atoms with E-state index in [2.05, 4.69) is 100 Å². The number of fused-ring (bicyclic) bond motifs is 12. The summed E-state index contributed by atoms with van der Waals surface area (Å²) >= 11 is 0. The predicted molar refractivity (Wildman–Crippen MR) is 199 cm³/mol. The zero-order valence-corrected chi connectivity index (χ0v) is 26.3. The molecule has 50 heavy (non-hydrogen) atoms. The van der Waals surface area contributed by atoms with Crippen LogP contribution in [0, 0.1) is 22.7 Å². The molecule has 0 amide bonds. The number of aromatic nitrogens is 2. The van der Waals surface area contributed by atoms with Crippen LogP contribution in [0.3, 0.4) is 0 Å². The largest absolute Gasteiger partial charge is 0.456 e. The molecular weight excluding hydrogens is 617 g/mol. The minimum atomic E-state index is 0.578. The van der Waals surface area contributed by atoms with Crippen molar-refractivity contribution in [1.29, 1.82) is 10.5 Å². The summed E-state index contributed by atoms with van der Waals surface area (Å²) < 4.78 is 17.2. The fraction of sp³-hybridized carbons (Fsp3) is 0. The lowest BCUT2D eigenvalue weighted by Gasteiger charge is -2.09. The zero-order chi connectivity index (χ0) is 33.1. The highest BCUT2D eigenvalue weighted by Gasteiger charge is 2.19. The highest BCUT2D eigenvalue weighted by Crippen LogP contribution is 2.40. The van der Waals surface area contributed by atoms with Crippen molar-refractivity contribution in [2.24, 2.45) is 0 Å². The molecule has 0 aliphatic heterocycles. The van der Waals surface area contributed by atoms with Gasteiger partial charge in [-0.1, -0.05) is 36.4 Å². The average molecular weight is 639 g/mol. The van der Waals surface area contributed by atoms with Crippen LogP contribution in [0.2, 0.25) is 0 Å². The Hall–Kier alpha value is -7.28. The van der Waals surface area contributed by atoms with Crippen LogP contribution in [0.1, 0.15) is 11.1 Å². The lowest BCUT2D eigenvalue weighted by molar-refractivity contribution is 0.668. The number of nitrogens with zero attached hydrogens (tertiary/aromatic N) is 4. The highest BCUT2D eigenvalue weighted by molar-refractivity contribution is 6.18. The molecule has 0 spiro atoms. The lowest BCUT2D eigenvalue weighted by atomic mass is 10.1. The smallest absolute Gasteiger partial charge is 0.137 e. The maximum atomic E-state index is 9.65. The van der Waals surface area contributed by atoms with Crippen molar-refractivity contribution < 1.29 is 8.83 Å². The van der Waals surface area contributed by atoms with Crippen LogP contribution in [-0.4, -0.2) is 9.13 Å². The Balaban J connectivity index is 1.16. The average Bonchev–Trinajstić information content (AvgIpc) is 3.90. The molecule has 6 heteroatoms. The van der Waals surface area contributed by atoms with Gasteiger partial charge < -0.3 is 18.0 Å². The molecule has 4 aromatic heterocycles. The van der Waals surface area contributed by atoms with Gasteiger partial charge in [0.2, 0.25) is 0 Å². The van der Waals surface area contributed by atoms with E-state index < -0.39 is 0 Å². The molecule has 11 rings (SSSR count). The van der Waals surface area contributed by atoms with E-state index >= 15 is 0 Å². The zero-order valence-electron chi connectivity index (χ0n) is 26.3. The second-order valence-electron chi connectivity index (χ2n) is 12.8. The number of para-hydroxylation sites is 2. The summed E-state index contributed by atoms with van der Waals surface area (Å²) in [6.07, 6.45) is 0. The number of nitriles is 2. The van der Waals surface area contributed by atoms with E-state index in [0.29, 0.717) is 11.1 Å². The summed E-state index contributed by atoms with van der Waals surface area (Å²) in [5.74, 6) is 0. The second-order valence-corrected chi connectivity index (χ2v) is 12.8. The van der Waals surface area contributed by atoms with Gasteiger partial charge in [0, 0.05) is 60.5 Å². The molecule has 11 aromatic rings. The third-order valence-corrected chi connectivity index (χ3v) is 10.1. The Labute approximate surface area is 283 Å². The molecule has 0 bridgehead atoms. The third-order valence-electron chi connectivity index (χ3n) is 10.1. The van der Waals surface area contributed by atoms with Crippen LogP contribution >= 0.6 is 0 Å². The first kappa shape index (κ1) is 26.8. The maximum absolute atomic E-state index is 9.65. The minimum absolute atomic E-state index is 0.578. The van der Waals surface area contributed by atoms with Gasteiger partial charge in [-0.3, -0.25) is 0 Å². The monoisotopic (exact) mass is 638 g/mol. The van der Waals surface area contributed by atoms with E-state index in [9.17, 15) is 10.5 Å². The summed E-state index contributed by atoms with van der Waals surface area (Å²) in [5, 5.41) is 27.7. The van der Waals surface area contributed by atoms with Gasteiger partial charge >= 0.3 is 0 Å². The van der Waals surface area contributed by atoms with E-state index in [1.54, 1.807) is 0 Å². The molecule has 0 aliphatic rings. The molecule has 0 atom stereocenters. The number of benzene rings is 7. The van der Waals surface area contributed by atoms with Gasteiger partial charge in [-0.05, 0) is 91.0 Å². The van der Waals surface area contributed by atoms with Crippen LogP contribution < -0.4 is 0 Å². The fourth-order valence-electron chi connectivity index (χ4n) is 7.94. The molecule has 4 heterocycles. The van der Waals surface area contributed by atoms with Crippen LogP contribution in [-0.2, 0) is 0 Å². The molecule has 0 saturated carbocycles. The molecular formula is C44H22N4O2. The molecule has 0 saturated heterocycles. The molecule has 0 N–H and O–H groups in total. The quantitative estimate of drug-likeness (QED) is 0.189. The van der Waals surface area contributed by atoms with Gasteiger partial charge in [0.1, 0.15) is 22.3 Å². The third kappa shape index (κ3) is 3.54. The second kappa shape index (κ2) is 9.64. The van der Waals surface area contributed by atoms with Crippen LogP contribution in [0.15, 0.2) is 142 Å². The van der Waals surface area contributed by atoms with Crippen LogP contribution in [0.4, 0.5) is 0 Å². The number of furan rings is 2. The first-order chi connectivity index (χ1) is 24.7. The van der Waals surface area contributed by atoms with Crippen molar-refractivity contribution in [1.82, 2.24) is 9.13 Å². The molecule has 0 radical (unpaired) electrons. The first-order valence-corrected chi connectivity index (χ1v) is 16.4. The Bertz CT molecular complexity index is 3280. The van der Waals surface area contributed by atoms with Gasteiger partial charge in [-0.2, -0.15) is 10.5 Å². The Morgan fingerprint density at radius 2 is 0.860 bits per heavy atom. The lowest BCUT2D eigenvalue weighted by Crippen LogP contribution is -1.94. The fourth-order valence-corrected chi connectivity index (χ4v) is 7.94. The van der Waals surface area contributed by atoms with Gasteiger partial charge in [-0.25, -0.2) is 0 Å².